The Labute approximate surface area is 268 Å². The number of thioether (sulfide) groups is 1. The maximum Gasteiger partial charge on any atom is 0.310 e. The molecule has 7 atom stereocenters. The van der Waals surface area contributed by atoms with Crippen molar-refractivity contribution < 1.29 is 24.2 Å². The largest absolute Gasteiger partial charge is 0.465 e. The van der Waals surface area contributed by atoms with Crippen LogP contribution in [-0.4, -0.2) is 74.0 Å². The van der Waals surface area contributed by atoms with Gasteiger partial charge in [-0.3, -0.25) is 14.4 Å². The first-order chi connectivity index (χ1) is 20.7. The Bertz CT molecular complexity index is 1230. The molecule has 3 aliphatic heterocycles. The van der Waals surface area contributed by atoms with E-state index < -0.39 is 34.2 Å². The highest BCUT2D eigenvalue weighted by atomic mass is 32.2. The third kappa shape index (κ3) is 6.26. The SMILES string of the molecule is C=CCCCCOC(=O)[C@@H]1[C@@H]2CC(C)C3(S2)C(C(=O)N(CC=C)C(C)(C)CC(C)(C)C)N([C@H](CO)c2ccccc2)C(=O)[C@H]13. The summed E-state index contributed by atoms with van der Waals surface area (Å²) < 4.78 is 4.98. The minimum Gasteiger partial charge on any atom is -0.465 e. The van der Waals surface area contributed by atoms with Crippen LogP contribution >= 0.6 is 11.8 Å². The highest BCUT2D eigenvalue weighted by Crippen LogP contribution is 2.69. The number of esters is 1. The Morgan fingerprint density at radius 2 is 1.84 bits per heavy atom. The Morgan fingerprint density at radius 3 is 2.43 bits per heavy atom. The molecule has 1 N–H and O–H groups in total. The lowest BCUT2D eigenvalue weighted by atomic mass is 9.66. The van der Waals surface area contributed by atoms with Crippen LogP contribution in [0.2, 0.25) is 0 Å². The smallest absolute Gasteiger partial charge is 0.310 e. The molecule has 3 saturated heterocycles. The molecule has 0 saturated carbocycles. The van der Waals surface area contributed by atoms with E-state index in [-0.39, 0.29) is 41.0 Å². The Kier molecular flexibility index (Phi) is 10.5. The van der Waals surface area contributed by atoms with Crippen molar-refractivity contribution >= 4 is 29.5 Å². The van der Waals surface area contributed by atoms with E-state index in [0.29, 0.717) is 13.2 Å². The Balaban J connectivity index is 1.81. The van der Waals surface area contributed by atoms with Crippen molar-refractivity contribution in [1.29, 1.82) is 0 Å². The number of rotatable bonds is 14. The molecule has 3 fully saturated rings. The first kappa shape index (κ1) is 34.3. The number of unbranched alkanes of at least 4 members (excludes halogenated alkanes) is 2. The zero-order valence-corrected chi connectivity index (χ0v) is 28.3. The molecule has 2 amide bonds. The van der Waals surface area contributed by atoms with Gasteiger partial charge in [0, 0.05) is 17.3 Å². The number of aliphatic hydroxyl groups is 1. The highest BCUT2D eigenvalue weighted by molar-refractivity contribution is 8.02. The van der Waals surface area contributed by atoms with Crippen LogP contribution in [0.3, 0.4) is 0 Å². The summed E-state index contributed by atoms with van der Waals surface area (Å²) in [6.07, 6.45) is 7.53. The normalized spacial score (nSPS) is 28.5. The lowest BCUT2D eigenvalue weighted by Crippen LogP contribution is -2.61. The summed E-state index contributed by atoms with van der Waals surface area (Å²) in [6, 6.07) is 7.83. The monoisotopic (exact) mass is 624 g/mol. The van der Waals surface area contributed by atoms with Gasteiger partial charge in [-0.1, -0.05) is 70.2 Å². The Morgan fingerprint density at radius 1 is 1.16 bits per heavy atom. The molecule has 3 heterocycles. The highest BCUT2D eigenvalue weighted by Gasteiger charge is 2.77. The van der Waals surface area contributed by atoms with Crippen LogP contribution in [-0.2, 0) is 19.1 Å². The van der Waals surface area contributed by atoms with E-state index in [0.717, 1.165) is 37.7 Å². The van der Waals surface area contributed by atoms with Gasteiger partial charge in [-0.25, -0.2) is 0 Å². The molecule has 3 aliphatic rings. The van der Waals surface area contributed by atoms with Crippen molar-refractivity contribution in [3.8, 4) is 0 Å². The van der Waals surface area contributed by atoms with Crippen LogP contribution < -0.4 is 0 Å². The molecule has 4 rings (SSSR count). The van der Waals surface area contributed by atoms with Crippen LogP contribution in [0.5, 0.6) is 0 Å². The van der Waals surface area contributed by atoms with Gasteiger partial charge >= 0.3 is 5.97 Å². The number of benzene rings is 1. The van der Waals surface area contributed by atoms with Crippen molar-refractivity contribution in [2.24, 2.45) is 23.2 Å². The maximum absolute atomic E-state index is 15.2. The van der Waals surface area contributed by atoms with Crippen LogP contribution in [0.4, 0.5) is 0 Å². The van der Waals surface area contributed by atoms with Gasteiger partial charge in [-0.15, -0.1) is 24.9 Å². The number of nitrogens with zero attached hydrogens (tertiary/aromatic N) is 2. The number of likely N-dealkylation sites (tertiary alicyclic amines) is 1. The summed E-state index contributed by atoms with van der Waals surface area (Å²) in [5.74, 6) is -2.07. The third-order valence-corrected chi connectivity index (χ3v) is 11.8. The maximum atomic E-state index is 15.2. The molecule has 1 spiro atoms. The van der Waals surface area contributed by atoms with E-state index >= 15 is 4.79 Å². The molecule has 0 radical (unpaired) electrons. The second-order valence-electron chi connectivity index (χ2n) is 14.6. The number of amides is 2. The second-order valence-corrected chi connectivity index (χ2v) is 16.2. The van der Waals surface area contributed by atoms with E-state index in [1.54, 1.807) is 22.7 Å². The molecule has 2 bridgehead atoms. The van der Waals surface area contributed by atoms with Gasteiger partial charge < -0.3 is 19.6 Å². The van der Waals surface area contributed by atoms with Crippen molar-refractivity contribution in [2.45, 2.75) is 101 Å². The molecule has 3 unspecified atom stereocenters. The number of ether oxygens (including phenoxy) is 1. The van der Waals surface area contributed by atoms with E-state index in [9.17, 15) is 14.7 Å². The van der Waals surface area contributed by atoms with Gasteiger partial charge in [0.25, 0.3) is 0 Å². The summed E-state index contributed by atoms with van der Waals surface area (Å²) in [6.45, 7) is 20.8. The predicted octanol–water partition coefficient (Wildman–Crippen LogP) is 6.19. The first-order valence-corrected chi connectivity index (χ1v) is 17.0. The standard InChI is InChI=1S/C36H52N2O5S/c1-9-11-12-16-20-43-33(42)28-27-21-24(3)36(44-27)29(28)31(40)38(26(22-39)25-17-14-13-15-18-25)30(36)32(41)37(19-10-2)35(7,8)23-34(4,5)6/h9-10,13-15,17-18,24,26-30,39H,1-2,11-12,16,19-23H2,3-8H3/t24?,26-,27+,28-,29+,30?,36?/m1/s1. The zero-order valence-electron chi connectivity index (χ0n) is 27.5. The van der Waals surface area contributed by atoms with Crippen molar-refractivity contribution in [1.82, 2.24) is 9.80 Å². The topological polar surface area (TPSA) is 87.2 Å². The molecular formula is C36H52N2O5S. The fourth-order valence-corrected chi connectivity index (χ4v) is 10.7. The van der Waals surface area contributed by atoms with E-state index in [2.05, 4.69) is 54.7 Å². The van der Waals surface area contributed by atoms with Crippen LogP contribution in [0.1, 0.15) is 85.3 Å². The second kappa shape index (κ2) is 13.4. The summed E-state index contributed by atoms with van der Waals surface area (Å²) in [7, 11) is 0. The van der Waals surface area contributed by atoms with E-state index in [1.807, 2.05) is 41.3 Å². The van der Waals surface area contributed by atoms with Gasteiger partial charge in [0.15, 0.2) is 0 Å². The number of allylic oxidation sites excluding steroid dienone is 1. The molecule has 44 heavy (non-hydrogen) atoms. The molecule has 242 valence electrons. The number of carbonyl (C=O) groups excluding carboxylic acids is 3. The Hall–Kier alpha value is -2.58. The number of carbonyl (C=O) groups is 3. The van der Waals surface area contributed by atoms with Gasteiger partial charge in [0.2, 0.25) is 11.8 Å². The molecule has 0 aromatic heterocycles. The number of fused-ring (bicyclic) bond motifs is 1. The minimum absolute atomic E-state index is 0.00784. The molecule has 8 heteroatoms. The molecule has 7 nitrogen and oxygen atoms in total. The molecule has 1 aromatic carbocycles. The summed E-state index contributed by atoms with van der Waals surface area (Å²) in [4.78, 5) is 47.2. The molecular weight excluding hydrogens is 572 g/mol. The van der Waals surface area contributed by atoms with Gasteiger partial charge in [0.05, 0.1) is 35.8 Å². The average molecular weight is 625 g/mol. The van der Waals surface area contributed by atoms with Gasteiger partial charge in [-0.05, 0) is 62.8 Å². The third-order valence-electron chi connectivity index (χ3n) is 9.70. The quantitative estimate of drug-likeness (QED) is 0.151. The van der Waals surface area contributed by atoms with Gasteiger partial charge in [-0.2, -0.15) is 0 Å². The zero-order chi connectivity index (χ0) is 32.4. The van der Waals surface area contributed by atoms with Crippen LogP contribution in [0.15, 0.2) is 55.6 Å². The minimum atomic E-state index is -0.855. The molecule has 1 aromatic rings. The molecule has 0 aliphatic carbocycles. The number of hydrogen-bond donors (Lipinski definition) is 1. The van der Waals surface area contributed by atoms with Crippen LogP contribution in [0.25, 0.3) is 0 Å². The van der Waals surface area contributed by atoms with Crippen molar-refractivity contribution in [2.75, 3.05) is 19.8 Å². The lowest BCUT2D eigenvalue weighted by molar-refractivity contribution is -0.155. The fraction of sp³-hybridized carbons (Fsp3) is 0.639. The lowest BCUT2D eigenvalue weighted by Gasteiger charge is -2.47. The first-order valence-electron chi connectivity index (χ1n) is 16.1. The number of hydrogen-bond acceptors (Lipinski definition) is 6. The van der Waals surface area contributed by atoms with Crippen molar-refractivity contribution in [3.05, 3.63) is 61.2 Å². The van der Waals surface area contributed by atoms with Crippen LogP contribution in [0, 0.1) is 23.2 Å². The van der Waals surface area contributed by atoms with Crippen molar-refractivity contribution in [3.63, 3.8) is 0 Å². The fourth-order valence-electron chi connectivity index (χ4n) is 8.34. The van der Waals surface area contributed by atoms with E-state index in [4.69, 9.17) is 4.74 Å². The average Bonchev–Trinajstić information content (AvgIpc) is 3.55. The summed E-state index contributed by atoms with van der Waals surface area (Å²) in [5.41, 5.74) is 0.166. The number of aliphatic hydroxyl groups excluding tert-OH is 1. The summed E-state index contributed by atoms with van der Waals surface area (Å²) >= 11 is 1.64. The summed E-state index contributed by atoms with van der Waals surface area (Å²) in [5, 5.41) is 10.7. The van der Waals surface area contributed by atoms with Gasteiger partial charge in [0.1, 0.15) is 6.04 Å². The predicted molar refractivity (Wildman–Crippen MR) is 177 cm³/mol. The van der Waals surface area contributed by atoms with E-state index in [1.165, 1.54) is 0 Å².